The normalized spacial score (nSPS) is 11.0. The van der Waals surface area contributed by atoms with Crippen LogP contribution in [0.15, 0.2) is 23.2 Å². The molecule has 1 heterocycles. The Bertz CT molecular complexity index is 716. The zero-order valence-electron chi connectivity index (χ0n) is 15.6. The molecule has 0 atom stereocenters. The highest BCUT2D eigenvalue weighted by molar-refractivity contribution is 14.0. The number of hydrogen-bond acceptors (Lipinski definition) is 4. The minimum atomic E-state index is 0. The summed E-state index contributed by atoms with van der Waals surface area (Å²) in [7, 11) is 1.76. The maximum atomic E-state index is 6.04. The Balaban J connectivity index is 0.00000338. The number of rotatable bonds is 7. The first-order valence-corrected chi connectivity index (χ1v) is 9.51. The van der Waals surface area contributed by atoms with Crippen molar-refractivity contribution in [2.75, 3.05) is 20.2 Å². The third-order valence-corrected chi connectivity index (χ3v) is 5.07. The molecule has 5 nitrogen and oxygen atoms in total. The predicted molar refractivity (Wildman–Crippen MR) is 122 cm³/mol. The molecular weight excluding hydrogens is 483 g/mol. The van der Waals surface area contributed by atoms with E-state index >= 15 is 0 Å². The second kappa shape index (κ2) is 11.6. The van der Waals surface area contributed by atoms with Crippen LogP contribution in [-0.2, 0) is 13.0 Å². The van der Waals surface area contributed by atoms with Crippen LogP contribution < -0.4 is 15.4 Å². The summed E-state index contributed by atoms with van der Waals surface area (Å²) in [6.45, 7) is 8.11. The van der Waals surface area contributed by atoms with Crippen LogP contribution in [-0.4, -0.2) is 31.1 Å². The molecule has 0 aliphatic rings. The monoisotopic (exact) mass is 508 g/mol. The van der Waals surface area contributed by atoms with Gasteiger partial charge in [0.1, 0.15) is 5.75 Å². The predicted octanol–water partition coefficient (Wildman–Crippen LogP) is 4.34. The Hall–Kier alpha value is -1.06. The number of nitrogens with zero attached hydrogens (tertiary/aromatic N) is 2. The number of guanidine groups is 1. The lowest BCUT2D eigenvalue weighted by atomic mass is 10.2. The molecule has 0 saturated carbocycles. The minimum absolute atomic E-state index is 0. The van der Waals surface area contributed by atoms with Crippen LogP contribution in [0.2, 0.25) is 5.02 Å². The fourth-order valence-electron chi connectivity index (χ4n) is 2.30. The topological polar surface area (TPSA) is 58.5 Å². The SMILES string of the molecule is CCOc1cc(Cl)ccc1CNC(=NC)NCCc1nc(C)c(C)s1.I. The summed E-state index contributed by atoms with van der Waals surface area (Å²) >= 11 is 7.79. The van der Waals surface area contributed by atoms with Crippen molar-refractivity contribution in [3.05, 3.63) is 44.4 Å². The minimum Gasteiger partial charge on any atom is -0.493 e. The van der Waals surface area contributed by atoms with Crippen LogP contribution in [0.5, 0.6) is 5.75 Å². The average Bonchev–Trinajstić information content (AvgIpc) is 2.90. The zero-order chi connectivity index (χ0) is 18.2. The second-order valence-corrected chi connectivity index (χ2v) is 7.26. The standard InChI is InChI=1S/C18H25ClN4OS.HI/c1-5-24-16-10-15(19)7-6-14(16)11-22-18(20-4)21-9-8-17-23-12(2)13(3)25-17;/h6-7,10H,5,8-9,11H2,1-4H3,(H2,20,21,22);1H. The summed E-state index contributed by atoms with van der Waals surface area (Å²) in [5.74, 6) is 1.55. The Morgan fingerprint density at radius 3 is 2.69 bits per heavy atom. The number of ether oxygens (including phenoxy) is 1. The molecule has 1 aromatic carbocycles. The lowest BCUT2D eigenvalue weighted by molar-refractivity contribution is 0.336. The summed E-state index contributed by atoms with van der Waals surface area (Å²) < 4.78 is 5.64. The molecule has 2 N–H and O–H groups in total. The second-order valence-electron chi connectivity index (χ2n) is 5.54. The van der Waals surface area contributed by atoms with E-state index in [0.29, 0.717) is 18.2 Å². The molecule has 0 bridgehead atoms. The number of halogens is 2. The summed E-state index contributed by atoms with van der Waals surface area (Å²) in [6, 6.07) is 5.67. The van der Waals surface area contributed by atoms with Crippen molar-refractivity contribution in [2.24, 2.45) is 4.99 Å². The molecule has 0 spiro atoms. The number of benzene rings is 1. The van der Waals surface area contributed by atoms with E-state index in [2.05, 4.69) is 27.5 Å². The first-order valence-electron chi connectivity index (χ1n) is 8.32. The maximum Gasteiger partial charge on any atom is 0.191 e. The maximum absolute atomic E-state index is 6.04. The van der Waals surface area contributed by atoms with Crippen LogP contribution in [0, 0.1) is 13.8 Å². The lowest BCUT2D eigenvalue weighted by Crippen LogP contribution is -2.37. The van der Waals surface area contributed by atoms with Gasteiger partial charge in [-0.25, -0.2) is 4.98 Å². The average molecular weight is 509 g/mol. The molecule has 0 aliphatic heterocycles. The number of hydrogen-bond donors (Lipinski definition) is 2. The van der Waals surface area contributed by atoms with Crippen LogP contribution in [0.1, 0.15) is 28.1 Å². The molecule has 0 radical (unpaired) electrons. The molecule has 0 unspecified atom stereocenters. The highest BCUT2D eigenvalue weighted by Gasteiger charge is 2.07. The van der Waals surface area contributed by atoms with Gasteiger partial charge in [-0.3, -0.25) is 4.99 Å². The van der Waals surface area contributed by atoms with Gasteiger partial charge in [0.15, 0.2) is 5.96 Å². The molecule has 144 valence electrons. The third kappa shape index (κ3) is 6.92. The van der Waals surface area contributed by atoms with Gasteiger partial charge in [-0.05, 0) is 32.9 Å². The molecule has 2 aromatic rings. The van der Waals surface area contributed by atoms with E-state index in [0.717, 1.165) is 40.9 Å². The smallest absolute Gasteiger partial charge is 0.191 e. The Morgan fingerprint density at radius 2 is 2.08 bits per heavy atom. The van der Waals surface area contributed by atoms with Gasteiger partial charge < -0.3 is 15.4 Å². The van der Waals surface area contributed by atoms with Gasteiger partial charge in [0.05, 0.1) is 17.3 Å². The zero-order valence-corrected chi connectivity index (χ0v) is 19.5. The Kier molecular flexibility index (Phi) is 10.3. The molecule has 0 saturated heterocycles. The highest BCUT2D eigenvalue weighted by Crippen LogP contribution is 2.23. The van der Waals surface area contributed by atoms with E-state index in [4.69, 9.17) is 16.3 Å². The highest BCUT2D eigenvalue weighted by atomic mass is 127. The van der Waals surface area contributed by atoms with Gasteiger partial charge in [0.2, 0.25) is 0 Å². The number of thiazole rings is 1. The molecule has 8 heteroatoms. The summed E-state index contributed by atoms with van der Waals surface area (Å²) in [6.07, 6.45) is 0.880. The molecule has 1 aromatic heterocycles. The van der Waals surface area contributed by atoms with Crippen molar-refractivity contribution >= 4 is 52.9 Å². The molecular formula is C18H26ClIN4OS. The van der Waals surface area contributed by atoms with E-state index in [1.165, 1.54) is 4.88 Å². The van der Waals surface area contributed by atoms with Gasteiger partial charge in [-0.1, -0.05) is 17.7 Å². The number of nitrogens with one attached hydrogen (secondary N) is 2. The number of aryl methyl sites for hydroxylation is 2. The van der Waals surface area contributed by atoms with E-state index < -0.39 is 0 Å². The van der Waals surface area contributed by atoms with Crippen LogP contribution in [0.3, 0.4) is 0 Å². The van der Waals surface area contributed by atoms with E-state index in [9.17, 15) is 0 Å². The first kappa shape index (κ1) is 23.0. The lowest BCUT2D eigenvalue weighted by Gasteiger charge is -2.14. The van der Waals surface area contributed by atoms with Gasteiger partial charge in [-0.15, -0.1) is 35.3 Å². The van der Waals surface area contributed by atoms with Gasteiger partial charge in [0.25, 0.3) is 0 Å². The van der Waals surface area contributed by atoms with Crippen molar-refractivity contribution in [3.63, 3.8) is 0 Å². The van der Waals surface area contributed by atoms with Crippen LogP contribution >= 0.6 is 46.9 Å². The van der Waals surface area contributed by atoms with Gasteiger partial charge in [0, 0.05) is 42.0 Å². The molecule has 26 heavy (non-hydrogen) atoms. The van der Waals surface area contributed by atoms with E-state index in [1.807, 2.05) is 32.0 Å². The van der Waals surface area contributed by atoms with Crippen molar-refractivity contribution < 1.29 is 4.74 Å². The van der Waals surface area contributed by atoms with E-state index in [-0.39, 0.29) is 24.0 Å². The summed E-state index contributed by atoms with van der Waals surface area (Å²) in [4.78, 5) is 10.1. The quantitative estimate of drug-likeness (QED) is 0.332. The molecule has 0 aliphatic carbocycles. The molecule has 0 amide bonds. The Morgan fingerprint density at radius 1 is 1.31 bits per heavy atom. The van der Waals surface area contributed by atoms with Crippen LogP contribution in [0.4, 0.5) is 0 Å². The van der Waals surface area contributed by atoms with Crippen LogP contribution in [0.25, 0.3) is 0 Å². The Labute approximate surface area is 181 Å². The van der Waals surface area contributed by atoms with Gasteiger partial charge in [-0.2, -0.15) is 0 Å². The van der Waals surface area contributed by atoms with Crippen molar-refractivity contribution in [1.29, 1.82) is 0 Å². The first-order chi connectivity index (χ1) is 12.0. The summed E-state index contributed by atoms with van der Waals surface area (Å²) in [5.41, 5.74) is 2.16. The largest absolute Gasteiger partial charge is 0.493 e. The third-order valence-electron chi connectivity index (χ3n) is 3.70. The van der Waals surface area contributed by atoms with Gasteiger partial charge >= 0.3 is 0 Å². The fourth-order valence-corrected chi connectivity index (χ4v) is 3.39. The van der Waals surface area contributed by atoms with Crippen molar-refractivity contribution in [3.8, 4) is 5.75 Å². The summed E-state index contributed by atoms with van der Waals surface area (Å²) in [5, 5.41) is 8.44. The molecule has 2 rings (SSSR count). The number of aliphatic imine (C=N–C) groups is 1. The fraction of sp³-hybridized carbons (Fsp3) is 0.444. The van der Waals surface area contributed by atoms with E-state index in [1.54, 1.807) is 18.4 Å². The number of aromatic nitrogens is 1. The molecule has 0 fully saturated rings. The van der Waals surface area contributed by atoms with Crippen molar-refractivity contribution in [2.45, 2.75) is 33.7 Å². The van der Waals surface area contributed by atoms with Crippen molar-refractivity contribution in [1.82, 2.24) is 15.6 Å².